The number of likely N-dealkylation sites (tertiary alicyclic amines) is 1. The molecule has 2 saturated heterocycles. The fourth-order valence-corrected chi connectivity index (χ4v) is 2.41. The number of ether oxygens (including phenoxy) is 1. The van der Waals surface area contributed by atoms with Gasteiger partial charge in [-0.3, -0.25) is 9.69 Å². The number of hydrogen-bond acceptors (Lipinski definition) is 4. The van der Waals surface area contributed by atoms with Crippen molar-refractivity contribution in [2.75, 3.05) is 46.4 Å². The smallest absolute Gasteiger partial charge is 0.231 e. The molecule has 5 nitrogen and oxygen atoms in total. The van der Waals surface area contributed by atoms with Crippen LogP contribution in [0.5, 0.6) is 0 Å². The van der Waals surface area contributed by atoms with Gasteiger partial charge < -0.3 is 15.4 Å². The molecule has 0 aliphatic carbocycles. The summed E-state index contributed by atoms with van der Waals surface area (Å²) in [5.41, 5.74) is 5.14. The van der Waals surface area contributed by atoms with Crippen LogP contribution in [0.15, 0.2) is 0 Å². The number of nitrogens with zero attached hydrogens (tertiary/aromatic N) is 2. The molecule has 80 valence electrons. The summed E-state index contributed by atoms with van der Waals surface area (Å²) >= 11 is 0. The highest BCUT2D eigenvalue weighted by atomic mass is 16.5. The molecule has 2 heterocycles. The third kappa shape index (κ3) is 1.89. The molecule has 1 spiro atoms. The zero-order chi connectivity index (χ0) is 10.2. The van der Waals surface area contributed by atoms with E-state index in [2.05, 4.69) is 16.8 Å². The van der Waals surface area contributed by atoms with Gasteiger partial charge in [0.05, 0.1) is 13.2 Å². The third-order valence-corrected chi connectivity index (χ3v) is 2.82. The van der Waals surface area contributed by atoms with Crippen LogP contribution in [0.4, 0.5) is 0 Å². The fourth-order valence-electron chi connectivity index (χ4n) is 2.41. The van der Waals surface area contributed by atoms with Crippen molar-refractivity contribution in [2.45, 2.75) is 5.60 Å². The Morgan fingerprint density at radius 1 is 1.50 bits per heavy atom. The maximum Gasteiger partial charge on any atom is 0.231 e. The highest BCUT2D eigenvalue weighted by molar-refractivity contribution is 5.75. The Bertz CT molecular complexity index is 233. The van der Waals surface area contributed by atoms with Gasteiger partial charge in [-0.25, -0.2) is 0 Å². The highest BCUT2D eigenvalue weighted by Gasteiger charge is 2.45. The summed E-state index contributed by atoms with van der Waals surface area (Å²) in [5.74, 6) is -0.255. The van der Waals surface area contributed by atoms with E-state index in [4.69, 9.17) is 10.5 Å². The van der Waals surface area contributed by atoms with Gasteiger partial charge in [-0.05, 0) is 7.05 Å². The Balaban J connectivity index is 1.88. The number of carbonyl (C=O) groups excluding carboxylic acids is 1. The fraction of sp³-hybridized carbons (Fsp3) is 0.889. The zero-order valence-corrected chi connectivity index (χ0v) is 8.53. The summed E-state index contributed by atoms with van der Waals surface area (Å²) in [6.45, 7) is 4.63. The van der Waals surface area contributed by atoms with Crippen molar-refractivity contribution < 1.29 is 9.53 Å². The van der Waals surface area contributed by atoms with Gasteiger partial charge in [0.15, 0.2) is 0 Å². The Morgan fingerprint density at radius 2 is 2.21 bits per heavy atom. The molecular formula is C9H17N3O2. The lowest BCUT2D eigenvalue weighted by atomic mass is 9.92. The summed E-state index contributed by atoms with van der Waals surface area (Å²) in [6, 6.07) is 0. The highest BCUT2D eigenvalue weighted by Crippen LogP contribution is 2.27. The molecule has 0 aromatic rings. The van der Waals surface area contributed by atoms with Crippen LogP contribution in [0.2, 0.25) is 0 Å². The summed E-state index contributed by atoms with van der Waals surface area (Å²) in [4.78, 5) is 15.1. The molecule has 2 aliphatic heterocycles. The van der Waals surface area contributed by atoms with E-state index < -0.39 is 0 Å². The monoisotopic (exact) mass is 199 g/mol. The number of carbonyl (C=O) groups is 1. The molecule has 2 fully saturated rings. The molecule has 0 saturated carbocycles. The van der Waals surface area contributed by atoms with Gasteiger partial charge >= 0.3 is 0 Å². The van der Waals surface area contributed by atoms with E-state index in [0.29, 0.717) is 13.2 Å². The predicted molar refractivity (Wildman–Crippen MR) is 51.8 cm³/mol. The Labute approximate surface area is 83.8 Å². The second-order valence-electron chi connectivity index (χ2n) is 4.38. The van der Waals surface area contributed by atoms with Crippen LogP contribution in [0.25, 0.3) is 0 Å². The molecule has 0 aromatic carbocycles. The van der Waals surface area contributed by atoms with Gasteiger partial charge in [-0.2, -0.15) is 0 Å². The van der Waals surface area contributed by atoms with Crippen molar-refractivity contribution >= 4 is 5.91 Å². The quantitative estimate of drug-likeness (QED) is 0.587. The third-order valence-electron chi connectivity index (χ3n) is 2.82. The van der Waals surface area contributed by atoms with Crippen LogP contribution in [-0.2, 0) is 9.53 Å². The standard InChI is InChI=1S/C9H17N3O2/c1-11-5-9(6-11)7-12(2-3-14-9)4-8(10)13/h2-7H2,1H3,(H2,10,13). The predicted octanol–water partition coefficient (Wildman–Crippen LogP) is -1.51. The summed E-state index contributed by atoms with van der Waals surface area (Å²) < 4.78 is 5.75. The molecule has 14 heavy (non-hydrogen) atoms. The lowest BCUT2D eigenvalue weighted by Crippen LogP contribution is -2.69. The maximum atomic E-state index is 10.8. The average molecular weight is 199 g/mol. The molecule has 0 radical (unpaired) electrons. The minimum absolute atomic E-state index is 0.0253. The van der Waals surface area contributed by atoms with Crippen LogP contribution in [-0.4, -0.2) is 67.7 Å². The van der Waals surface area contributed by atoms with E-state index in [0.717, 1.165) is 26.2 Å². The molecule has 1 amide bonds. The second kappa shape index (κ2) is 3.49. The molecule has 2 rings (SSSR count). The first kappa shape index (κ1) is 9.89. The van der Waals surface area contributed by atoms with E-state index >= 15 is 0 Å². The molecule has 0 atom stereocenters. The number of nitrogens with two attached hydrogens (primary N) is 1. The average Bonchev–Trinajstić information content (AvgIpc) is 2.00. The topological polar surface area (TPSA) is 58.8 Å². The van der Waals surface area contributed by atoms with Crippen molar-refractivity contribution in [1.29, 1.82) is 0 Å². The number of rotatable bonds is 2. The lowest BCUT2D eigenvalue weighted by Gasteiger charge is -2.52. The number of primary amides is 1. The zero-order valence-electron chi connectivity index (χ0n) is 8.53. The van der Waals surface area contributed by atoms with Gasteiger partial charge in [0, 0.05) is 26.2 Å². The molecule has 2 N–H and O–H groups in total. The van der Waals surface area contributed by atoms with E-state index in [9.17, 15) is 4.79 Å². The van der Waals surface area contributed by atoms with E-state index in [1.165, 1.54) is 0 Å². The number of likely N-dealkylation sites (N-methyl/N-ethyl adjacent to an activating group) is 1. The van der Waals surface area contributed by atoms with Gasteiger partial charge in [-0.1, -0.05) is 0 Å². The first-order chi connectivity index (χ1) is 6.60. The summed E-state index contributed by atoms with van der Waals surface area (Å²) in [5, 5.41) is 0. The molecule has 2 aliphatic rings. The van der Waals surface area contributed by atoms with Crippen molar-refractivity contribution in [3.05, 3.63) is 0 Å². The molecule has 0 bridgehead atoms. The van der Waals surface area contributed by atoms with E-state index in [1.54, 1.807) is 0 Å². The molecule has 5 heteroatoms. The van der Waals surface area contributed by atoms with Gasteiger partial charge in [-0.15, -0.1) is 0 Å². The minimum Gasteiger partial charge on any atom is -0.370 e. The van der Waals surface area contributed by atoms with Crippen molar-refractivity contribution in [3.8, 4) is 0 Å². The van der Waals surface area contributed by atoms with Gasteiger partial charge in [0.1, 0.15) is 5.60 Å². The van der Waals surface area contributed by atoms with Crippen LogP contribution >= 0.6 is 0 Å². The largest absolute Gasteiger partial charge is 0.370 e. The molecule has 0 aromatic heterocycles. The minimum atomic E-state index is -0.255. The first-order valence-electron chi connectivity index (χ1n) is 4.93. The SMILES string of the molecule is CN1CC2(C1)CN(CC(N)=O)CCO2. The van der Waals surface area contributed by atoms with Crippen LogP contribution in [0, 0.1) is 0 Å². The van der Waals surface area contributed by atoms with Crippen LogP contribution < -0.4 is 5.73 Å². The van der Waals surface area contributed by atoms with E-state index in [-0.39, 0.29) is 11.5 Å². The lowest BCUT2D eigenvalue weighted by molar-refractivity contribution is -0.178. The normalized spacial score (nSPS) is 27.5. The summed E-state index contributed by atoms with van der Waals surface area (Å²) in [6.07, 6.45) is 0. The number of hydrogen-bond donors (Lipinski definition) is 1. The maximum absolute atomic E-state index is 10.8. The van der Waals surface area contributed by atoms with Crippen LogP contribution in [0.3, 0.4) is 0 Å². The summed E-state index contributed by atoms with van der Waals surface area (Å²) in [7, 11) is 2.07. The molecular weight excluding hydrogens is 182 g/mol. The Morgan fingerprint density at radius 3 is 2.79 bits per heavy atom. The van der Waals surface area contributed by atoms with Crippen molar-refractivity contribution in [3.63, 3.8) is 0 Å². The van der Waals surface area contributed by atoms with E-state index in [1.807, 2.05) is 0 Å². The Kier molecular flexibility index (Phi) is 2.47. The Hall–Kier alpha value is -0.650. The van der Waals surface area contributed by atoms with Gasteiger partial charge in [0.25, 0.3) is 0 Å². The van der Waals surface area contributed by atoms with Crippen molar-refractivity contribution in [1.82, 2.24) is 9.80 Å². The number of morpholine rings is 1. The second-order valence-corrected chi connectivity index (χ2v) is 4.38. The first-order valence-corrected chi connectivity index (χ1v) is 4.93. The van der Waals surface area contributed by atoms with Crippen molar-refractivity contribution in [2.24, 2.45) is 5.73 Å². The number of amides is 1. The van der Waals surface area contributed by atoms with Gasteiger partial charge in [0.2, 0.25) is 5.91 Å². The van der Waals surface area contributed by atoms with Crippen LogP contribution in [0.1, 0.15) is 0 Å². The molecule has 0 unspecified atom stereocenters.